The van der Waals surface area contributed by atoms with Gasteiger partial charge in [0.05, 0.1) is 5.01 Å². The lowest BCUT2D eigenvalue weighted by molar-refractivity contribution is -0.132. The molecule has 10 nitrogen and oxygen atoms in total. The Labute approximate surface area is 195 Å². The molecular formula is C22H27N5O5S. The number of benzene rings is 1. The van der Waals surface area contributed by atoms with Crippen molar-refractivity contribution >= 4 is 35.0 Å². The average molecular weight is 474 g/mol. The second kappa shape index (κ2) is 11.0. The molecule has 0 radical (unpaired) electrons. The van der Waals surface area contributed by atoms with Crippen molar-refractivity contribution in [3.05, 3.63) is 52.0 Å². The van der Waals surface area contributed by atoms with E-state index in [1.807, 2.05) is 30.3 Å². The van der Waals surface area contributed by atoms with Gasteiger partial charge in [0.1, 0.15) is 24.4 Å². The van der Waals surface area contributed by atoms with Gasteiger partial charge in [0.2, 0.25) is 17.7 Å². The van der Waals surface area contributed by atoms with Gasteiger partial charge in [-0.25, -0.2) is 4.98 Å². The summed E-state index contributed by atoms with van der Waals surface area (Å²) in [4.78, 5) is 55.7. The van der Waals surface area contributed by atoms with Crippen LogP contribution < -0.4 is 16.4 Å². The molecule has 1 saturated heterocycles. The number of nitrogens with zero attached hydrogens (tertiary/aromatic N) is 2. The molecule has 0 bridgehead atoms. The van der Waals surface area contributed by atoms with E-state index in [2.05, 4.69) is 15.6 Å². The largest absolute Gasteiger partial charge is 0.387 e. The quantitative estimate of drug-likeness (QED) is 0.414. The Morgan fingerprint density at radius 3 is 2.61 bits per heavy atom. The van der Waals surface area contributed by atoms with E-state index in [9.17, 15) is 19.2 Å². The third-order valence-electron chi connectivity index (χ3n) is 5.46. The second-order valence-electron chi connectivity index (χ2n) is 7.87. The van der Waals surface area contributed by atoms with Crippen LogP contribution in [-0.4, -0.2) is 69.9 Å². The molecule has 1 aliphatic heterocycles. The van der Waals surface area contributed by atoms with Gasteiger partial charge in [-0.05, 0) is 25.3 Å². The van der Waals surface area contributed by atoms with E-state index in [4.69, 9.17) is 10.8 Å². The van der Waals surface area contributed by atoms with Crippen molar-refractivity contribution in [2.45, 2.75) is 44.3 Å². The molecule has 0 aliphatic carbocycles. The summed E-state index contributed by atoms with van der Waals surface area (Å²) in [5.74, 6) is -2.20. The summed E-state index contributed by atoms with van der Waals surface area (Å²) in [6.07, 6.45) is 0.745. The number of likely N-dealkylation sites (tertiary alicyclic amines) is 1. The van der Waals surface area contributed by atoms with Gasteiger partial charge in [-0.15, -0.1) is 11.3 Å². The summed E-state index contributed by atoms with van der Waals surface area (Å²) in [5.41, 5.74) is 6.60. The van der Waals surface area contributed by atoms with Gasteiger partial charge < -0.3 is 26.4 Å². The molecule has 5 N–H and O–H groups in total. The lowest BCUT2D eigenvalue weighted by Crippen LogP contribution is -2.60. The lowest BCUT2D eigenvalue weighted by Gasteiger charge is -2.39. The standard InChI is InChI=1S/C22H27N5O5S/c1-13-24-17(12-33-13)22(32)27-8-7-15(25-19(29)11-28)10-18(27)21(31)26-16(20(23)30)9-14-5-3-2-4-6-14/h2-6,12,15-16,18,28H,7-11H2,1H3,(H2,23,30)(H,25,29)(H,26,31)/t15-,16+,18-/m0/s1. The van der Waals surface area contributed by atoms with E-state index >= 15 is 0 Å². The number of thiazole rings is 1. The molecule has 0 saturated carbocycles. The fourth-order valence-electron chi connectivity index (χ4n) is 3.81. The molecule has 2 heterocycles. The zero-order valence-corrected chi connectivity index (χ0v) is 19.0. The van der Waals surface area contributed by atoms with Crippen molar-refractivity contribution in [2.24, 2.45) is 5.73 Å². The number of nitrogens with one attached hydrogen (secondary N) is 2. The Bertz CT molecular complexity index is 1010. The first-order valence-electron chi connectivity index (χ1n) is 10.6. The molecule has 4 amide bonds. The van der Waals surface area contributed by atoms with E-state index in [-0.39, 0.29) is 25.1 Å². The van der Waals surface area contributed by atoms with Gasteiger partial charge >= 0.3 is 0 Å². The number of aliphatic hydroxyl groups excluding tert-OH is 1. The van der Waals surface area contributed by atoms with Gasteiger partial charge in [0, 0.05) is 24.4 Å². The first-order chi connectivity index (χ1) is 15.8. The Morgan fingerprint density at radius 2 is 2.00 bits per heavy atom. The van der Waals surface area contributed by atoms with Crippen LogP contribution in [0.15, 0.2) is 35.7 Å². The van der Waals surface area contributed by atoms with Gasteiger partial charge in [-0.2, -0.15) is 0 Å². The van der Waals surface area contributed by atoms with E-state index in [1.165, 1.54) is 16.2 Å². The van der Waals surface area contributed by atoms with Crippen molar-refractivity contribution in [3.63, 3.8) is 0 Å². The molecule has 2 aromatic rings. The maximum atomic E-state index is 13.3. The highest BCUT2D eigenvalue weighted by Crippen LogP contribution is 2.22. The minimum Gasteiger partial charge on any atom is -0.387 e. The van der Waals surface area contributed by atoms with E-state index in [0.29, 0.717) is 6.42 Å². The normalized spacial score (nSPS) is 18.9. The summed E-state index contributed by atoms with van der Waals surface area (Å²) in [7, 11) is 0. The van der Waals surface area contributed by atoms with Crippen LogP contribution >= 0.6 is 11.3 Å². The predicted molar refractivity (Wildman–Crippen MR) is 121 cm³/mol. The number of carbonyl (C=O) groups excluding carboxylic acids is 4. The highest BCUT2D eigenvalue weighted by atomic mass is 32.1. The number of aliphatic hydroxyl groups is 1. The summed E-state index contributed by atoms with van der Waals surface area (Å²) in [6.45, 7) is 1.31. The highest BCUT2D eigenvalue weighted by molar-refractivity contribution is 7.09. The molecule has 1 fully saturated rings. The Kier molecular flexibility index (Phi) is 8.12. The van der Waals surface area contributed by atoms with Crippen molar-refractivity contribution in [2.75, 3.05) is 13.2 Å². The summed E-state index contributed by atoms with van der Waals surface area (Å²) in [5, 5.41) is 16.7. The molecule has 3 rings (SSSR count). The Morgan fingerprint density at radius 1 is 1.27 bits per heavy atom. The fourth-order valence-corrected chi connectivity index (χ4v) is 4.40. The minimum absolute atomic E-state index is 0.128. The van der Waals surface area contributed by atoms with Gasteiger partial charge in [0.15, 0.2) is 0 Å². The molecule has 1 aromatic heterocycles. The van der Waals surface area contributed by atoms with Gasteiger partial charge in [-0.3, -0.25) is 19.2 Å². The first kappa shape index (κ1) is 24.3. The monoisotopic (exact) mass is 473 g/mol. The van der Waals surface area contributed by atoms with Crippen LogP contribution in [0.5, 0.6) is 0 Å². The fraction of sp³-hybridized carbons (Fsp3) is 0.409. The highest BCUT2D eigenvalue weighted by Gasteiger charge is 2.38. The molecule has 0 spiro atoms. The van der Waals surface area contributed by atoms with E-state index in [1.54, 1.807) is 12.3 Å². The zero-order chi connectivity index (χ0) is 24.0. The smallest absolute Gasteiger partial charge is 0.274 e. The number of carbonyl (C=O) groups is 4. The van der Waals surface area contributed by atoms with Crippen molar-refractivity contribution in [1.82, 2.24) is 20.5 Å². The number of hydrogen-bond acceptors (Lipinski definition) is 7. The molecule has 1 aromatic carbocycles. The maximum Gasteiger partial charge on any atom is 0.274 e. The van der Waals surface area contributed by atoms with Crippen molar-refractivity contribution in [1.29, 1.82) is 0 Å². The zero-order valence-electron chi connectivity index (χ0n) is 18.2. The van der Waals surface area contributed by atoms with Crippen LogP contribution in [0.25, 0.3) is 0 Å². The number of nitrogens with two attached hydrogens (primary N) is 1. The first-order valence-corrected chi connectivity index (χ1v) is 11.4. The molecule has 1 aliphatic rings. The van der Waals surface area contributed by atoms with Gasteiger partial charge in [0.25, 0.3) is 5.91 Å². The molecular weight excluding hydrogens is 446 g/mol. The molecule has 33 heavy (non-hydrogen) atoms. The van der Waals surface area contributed by atoms with Crippen LogP contribution in [0.3, 0.4) is 0 Å². The SMILES string of the molecule is Cc1nc(C(=O)N2CC[C@H](NC(=O)CO)C[C@H]2C(=O)N[C@H](Cc2ccccc2)C(N)=O)cs1. The average Bonchev–Trinajstić information content (AvgIpc) is 3.24. The van der Waals surface area contributed by atoms with Crippen LogP contribution in [-0.2, 0) is 20.8 Å². The lowest BCUT2D eigenvalue weighted by atomic mass is 9.95. The minimum atomic E-state index is -0.967. The topological polar surface area (TPSA) is 155 Å². The number of amides is 4. The Balaban J connectivity index is 1.79. The molecule has 0 unspecified atom stereocenters. The number of aromatic nitrogens is 1. The predicted octanol–water partition coefficient (Wildman–Crippen LogP) is -0.254. The van der Waals surface area contributed by atoms with Crippen LogP contribution in [0.1, 0.15) is 33.9 Å². The van der Waals surface area contributed by atoms with Crippen molar-refractivity contribution < 1.29 is 24.3 Å². The number of rotatable bonds is 8. The summed E-state index contributed by atoms with van der Waals surface area (Å²) in [6, 6.07) is 6.80. The van der Waals surface area contributed by atoms with Crippen molar-refractivity contribution in [3.8, 4) is 0 Å². The maximum absolute atomic E-state index is 13.3. The third kappa shape index (κ3) is 6.36. The van der Waals surface area contributed by atoms with Crippen LogP contribution in [0.4, 0.5) is 0 Å². The number of hydrogen-bond donors (Lipinski definition) is 4. The van der Waals surface area contributed by atoms with E-state index < -0.39 is 48.4 Å². The molecule has 11 heteroatoms. The number of primary amides is 1. The molecule has 176 valence electrons. The van der Waals surface area contributed by atoms with Crippen LogP contribution in [0, 0.1) is 6.92 Å². The summed E-state index contributed by atoms with van der Waals surface area (Å²) >= 11 is 1.33. The van der Waals surface area contributed by atoms with Crippen LogP contribution in [0.2, 0.25) is 0 Å². The van der Waals surface area contributed by atoms with E-state index in [0.717, 1.165) is 10.6 Å². The van der Waals surface area contributed by atoms with Gasteiger partial charge in [-0.1, -0.05) is 30.3 Å². The number of aryl methyl sites for hydroxylation is 1. The third-order valence-corrected chi connectivity index (χ3v) is 6.23. The Hall–Kier alpha value is -3.31. The molecule has 3 atom stereocenters. The second-order valence-corrected chi connectivity index (χ2v) is 8.93. The summed E-state index contributed by atoms with van der Waals surface area (Å²) < 4.78 is 0. The number of piperidine rings is 1.